The number of ether oxygens (including phenoxy) is 3. The number of hydrogen-bond acceptors (Lipinski definition) is 9. The van der Waals surface area contributed by atoms with Gasteiger partial charge in [0.05, 0.1) is 54.9 Å². The van der Waals surface area contributed by atoms with E-state index in [9.17, 15) is 30.3 Å². The second-order valence-corrected chi connectivity index (χ2v) is 13.7. The normalized spacial score (nSPS) is 28.9. The first kappa shape index (κ1) is 37.4. The maximum absolute atomic E-state index is 11.7. The van der Waals surface area contributed by atoms with E-state index in [4.69, 9.17) is 14.2 Å². The maximum Gasteiger partial charge on any atom is 0.334 e. The van der Waals surface area contributed by atoms with Gasteiger partial charge in [0.15, 0.2) is 0 Å². The Morgan fingerprint density at radius 3 is 1.84 bits per heavy atom. The monoisotopic (exact) mass is 626 g/mol. The van der Waals surface area contributed by atoms with Crippen LogP contribution < -0.4 is 0 Å². The molecule has 3 aliphatic heterocycles. The molecule has 2 fully saturated rings. The molecule has 0 spiro atoms. The van der Waals surface area contributed by atoms with Gasteiger partial charge in [-0.3, -0.25) is 0 Å². The number of aliphatic hydroxyl groups is 5. The Morgan fingerprint density at radius 2 is 1.23 bits per heavy atom. The lowest BCUT2D eigenvalue weighted by Gasteiger charge is -2.24. The molecule has 44 heavy (non-hydrogen) atoms. The van der Waals surface area contributed by atoms with Gasteiger partial charge in [0.25, 0.3) is 0 Å². The van der Waals surface area contributed by atoms with Gasteiger partial charge in [-0.1, -0.05) is 58.3 Å². The van der Waals surface area contributed by atoms with Crippen LogP contribution in [-0.2, 0) is 19.0 Å². The molecule has 0 bridgehead atoms. The fourth-order valence-corrected chi connectivity index (χ4v) is 6.98. The van der Waals surface area contributed by atoms with Gasteiger partial charge in [-0.05, 0) is 83.6 Å². The van der Waals surface area contributed by atoms with Crippen LogP contribution >= 0.6 is 0 Å². The lowest BCUT2D eigenvalue weighted by atomic mass is 9.98. The molecule has 3 rings (SSSR count). The van der Waals surface area contributed by atoms with Crippen molar-refractivity contribution in [3.05, 3.63) is 11.6 Å². The van der Waals surface area contributed by atoms with E-state index in [1.807, 2.05) is 0 Å². The number of esters is 1. The van der Waals surface area contributed by atoms with Crippen molar-refractivity contribution >= 4 is 5.97 Å². The van der Waals surface area contributed by atoms with Crippen LogP contribution in [0.2, 0.25) is 0 Å². The fraction of sp³-hybridized carbons (Fsp3) is 0.914. The molecule has 0 amide bonds. The Hall–Kier alpha value is -1.07. The minimum absolute atomic E-state index is 0.124. The number of rotatable bonds is 23. The van der Waals surface area contributed by atoms with Crippen molar-refractivity contribution in [3.63, 3.8) is 0 Å². The van der Waals surface area contributed by atoms with Gasteiger partial charge in [0.2, 0.25) is 0 Å². The Morgan fingerprint density at radius 1 is 0.682 bits per heavy atom. The minimum Gasteiger partial charge on any atom is -0.455 e. The molecule has 0 aromatic heterocycles. The number of carbonyl (C=O) groups is 1. The first-order chi connectivity index (χ1) is 21.2. The van der Waals surface area contributed by atoms with E-state index in [0.717, 1.165) is 38.5 Å². The molecule has 0 radical (unpaired) electrons. The first-order valence-corrected chi connectivity index (χ1v) is 17.8. The highest BCUT2D eigenvalue weighted by Crippen LogP contribution is 2.31. The van der Waals surface area contributed by atoms with Crippen molar-refractivity contribution in [1.82, 2.24) is 0 Å². The zero-order valence-electron chi connectivity index (χ0n) is 27.4. The van der Waals surface area contributed by atoms with Gasteiger partial charge in [0.1, 0.15) is 6.10 Å². The topological polar surface area (TPSA) is 146 Å². The molecule has 0 aromatic rings. The predicted octanol–water partition coefficient (Wildman–Crippen LogP) is 5.02. The van der Waals surface area contributed by atoms with Crippen LogP contribution in [0.25, 0.3) is 0 Å². The summed E-state index contributed by atoms with van der Waals surface area (Å²) in [6.45, 7) is 4.02. The van der Waals surface area contributed by atoms with Gasteiger partial charge < -0.3 is 39.7 Å². The molecule has 10 unspecified atom stereocenters. The minimum atomic E-state index is -0.689. The smallest absolute Gasteiger partial charge is 0.334 e. The Balaban J connectivity index is 1.22. The second kappa shape index (κ2) is 20.2. The van der Waals surface area contributed by atoms with E-state index < -0.39 is 30.5 Å². The molecule has 3 aliphatic rings. The first-order valence-electron chi connectivity index (χ1n) is 17.8. The highest BCUT2D eigenvalue weighted by Gasteiger charge is 2.36. The third kappa shape index (κ3) is 13.3. The van der Waals surface area contributed by atoms with Crippen LogP contribution in [0, 0.1) is 0 Å². The molecule has 2 saturated heterocycles. The summed E-state index contributed by atoms with van der Waals surface area (Å²) in [7, 11) is 0. The zero-order chi connectivity index (χ0) is 31.9. The summed E-state index contributed by atoms with van der Waals surface area (Å²) in [4.78, 5) is 11.7. The van der Waals surface area contributed by atoms with E-state index in [1.54, 1.807) is 13.0 Å². The Labute approximate surface area is 265 Å². The summed E-state index contributed by atoms with van der Waals surface area (Å²) in [6, 6.07) is 0. The number of unbranched alkanes of at least 4 members (excludes halogenated alkanes) is 7. The largest absolute Gasteiger partial charge is 0.455 e. The van der Waals surface area contributed by atoms with Crippen LogP contribution in [0.1, 0.15) is 142 Å². The summed E-state index contributed by atoms with van der Waals surface area (Å²) >= 11 is 0. The van der Waals surface area contributed by atoms with Crippen molar-refractivity contribution in [2.45, 2.75) is 203 Å². The van der Waals surface area contributed by atoms with Gasteiger partial charge in [-0.25, -0.2) is 4.79 Å². The molecule has 0 aromatic carbocycles. The summed E-state index contributed by atoms with van der Waals surface area (Å²) in [5, 5.41) is 52.8. The van der Waals surface area contributed by atoms with Crippen molar-refractivity contribution in [2.75, 3.05) is 0 Å². The SMILES string of the molecule is CCCCCCCCCCC(O)C1CCC(C(O)CCC(O)C2CCC(CC(O)CCCC(O)CC3=CC(C)OC3=O)O2)O1. The molecule has 0 saturated carbocycles. The van der Waals surface area contributed by atoms with Crippen molar-refractivity contribution in [2.24, 2.45) is 0 Å². The van der Waals surface area contributed by atoms with Crippen molar-refractivity contribution in [1.29, 1.82) is 0 Å². The Bertz CT molecular complexity index is 835. The van der Waals surface area contributed by atoms with Crippen LogP contribution in [0.3, 0.4) is 0 Å². The standard InChI is InChI=1S/C35H62O9/c1-3-4-5-6-7-8-9-10-14-29(38)33-19-20-34(44-33)31(40)17-16-30(39)32-18-15-28(43-32)23-27(37)13-11-12-26(36)22-25-21-24(2)42-35(25)41/h21,24,26-34,36-40H,3-20,22-23H2,1-2H3. The van der Waals surface area contributed by atoms with E-state index in [1.165, 1.54) is 38.5 Å². The molecule has 5 N–H and O–H groups in total. The molecule has 256 valence electrons. The number of carbonyl (C=O) groups excluding carboxylic acids is 1. The Kier molecular flexibility index (Phi) is 17.2. The van der Waals surface area contributed by atoms with Gasteiger partial charge in [-0.15, -0.1) is 0 Å². The van der Waals surface area contributed by atoms with Crippen molar-refractivity contribution < 1.29 is 44.5 Å². The quantitative estimate of drug-likeness (QED) is 0.0780. The zero-order valence-corrected chi connectivity index (χ0v) is 27.4. The molecule has 10 atom stereocenters. The van der Waals surface area contributed by atoms with Crippen LogP contribution in [-0.4, -0.2) is 92.5 Å². The summed E-state index contributed by atoms with van der Waals surface area (Å²) in [6.07, 6.45) is 14.3. The molecular formula is C35H62O9. The molecule has 9 nitrogen and oxygen atoms in total. The van der Waals surface area contributed by atoms with E-state index in [0.29, 0.717) is 50.5 Å². The lowest BCUT2D eigenvalue weighted by molar-refractivity contribution is -0.139. The number of cyclic esters (lactones) is 1. The van der Waals surface area contributed by atoms with E-state index >= 15 is 0 Å². The third-order valence-electron chi connectivity index (χ3n) is 9.68. The van der Waals surface area contributed by atoms with Gasteiger partial charge in [-0.2, -0.15) is 0 Å². The highest BCUT2D eigenvalue weighted by molar-refractivity contribution is 5.90. The van der Waals surface area contributed by atoms with Crippen LogP contribution in [0.5, 0.6) is 0 Å². The summed E-state index contributed by atoms with van der Waals surface area (Å²) in [5.41, 5.74) is 0.519. The summed E-state index contributed by atoms with van der Waals surface area (Å²) in [5.74, 6) is -0.360. The van der Waals surface area contributed by atoms with E-state index in [2.05, 4.69) is 6.92 Å². The number of hydrogen-bond donors (Lipinski definition) is 5. The van der Waals surface area contributed by atoms with Crippen LogP contribution in [0.15, 0.2) is 11.6 Å². The molecule has 0 aliphatic carbocycles. The van der Waals surface area contributed by atoms with Gasteiger partial charge >= 0.3 is 5.97 Å². The average molecular weight is 627 g/mol. The average Bonchev–Trinajstić information content (AvgIpc) is 3.73. The molecule has 9 heteroatoms. The highest BCUT2D eigenvalue weighted by atomic mass is 16.5. The fourth-order valence-electron chi connectivity index (χ4n) is 6.98. The second-order valence-electron chi connectivity index (χ2n) is 13.7. The predicted molar refractivity (Wildman–Crippen MR) is 169 cm³/mol. The third-order valence-corrected chi connectivity index (χ3v) is 9.68. The lowest BCUT2D eigenvalue weighted by Crippen LogP contribution is -2.33. The maximum atomic E-state index is 11.7. The van der Waals surface area contributed by atoms with Gasteiger partial charge in [0, 0.05) is 12.0 Å². The van der Waals surface area contributed by atoms with Crippen LogP contribution in [0.4, 0.5) is 0 Å². The summed E-state index contributed by atoms with van der Waals surface area (Å²) < 4.78 is 17.2. The van der Waals surface area contributed by atoms with E-state index in [-0.39, 0.29) is 42.9 Å². The van der Waals surface area contributed by atoms with Crippen molar-refractivity contribution in [3.8, 4) is 0 Å². The molecule has 3 heterocycles. The molecular weight excluding hydrogens is 564 g/mol. The number of aliphatic hydroxyl groups excluding tert-OH is 5.